The molecule has 1 aromatic carbocycles. The van der Waals surface area contributed by atoms with Crippen LogP contribution in [0.25, 0.3) is 12.2 Å². The molecule has 2 aromatic heterocycles. The minimum atomic E-state index is -0.535. The van der Waals surface area contributed by atoms with Crippen LogP contribution < -0.4 is 5.32 Å². The van der Waals surface area contributed by atoms with E-state index in [2.05, 4.69) is 25.5 Å². The maximum absolute atomic E-state index is 11.1. The Labute approximate surface area is 137 Å². The molecule has 0 radical (unpaired) electrons. The van der Waals surface area contributed by atoms with E-state index >= 15 is 0 Å². The first-order valence-corrected chi connectivity index (χ1v) is 7.15. The zero-order valence-electron chi connectivity index (χ0n) is 12.8. The Morgan fingerprint density at radius 1 is 1.25 bits per heavy atom. The van der Waals surface area contributed by atoms with Crippen molar-refractivity contribution in [3.05, 3.63) is 69.8 Å². The number of anilines is 2. The molecule has 0 aliphatic heterocycles. The van der Waals surface area contributed by atoms with Gasteiger partial charge in [0.2, 0.25) is 5.82 Å². The van der Waals surface area contributed by atoms with Gasteiger partial charge in [-0.2, -0.15) is 5.10 Å². The third-order valence-electron chi connectivity index (χ3n) is 3.16. The van der Waals surface area contributed by atoms with Crippen molar-refractivity contribution in [2.45, 2.75) is 6.92 Å². The van der Waals surface area contributed by atoms with E-state index in [1.807, 2.05) is 43.3 Å². The van der Waals surface area contributed by atoms with Gasteiger partial charge in [0.15, 0.2) is 11.6 Å². The van der Waals surface area contributed by atoms with Gasteiger partial charge in [-0.1, -0.05) is 36.4 Å². The number of nitrogens with one attached hydrogen (secondary N) is 2. The van der Waals surface area contributed by atoms with Crippen molar-refractivity contribution in [1.29, 1.82) is 0 Å². The summed E-state index contributed by atoms with van der Waals surface area (Å²) in [6.45, 7) is 1.83. The SMILES string of the molecule is Cc1cc(Nc2nc(/C=C/c3ccccc3)ncc2[N+](=O)[O-])n[nH]1. The lowest BCUT2D eigenvalue weighted by Gasteiger charge is -2.03. The van der Waals surface area contributed by atoms with Crippen LogP contribution in [0, 0.1) is 17.0 Å². The average molecular weight is 322 g/mol. The Kier molecular flexibility index (Phi) is 4.28. The molecule has 120 valence electrons. The number of rotatable bonds is 5. The lowest BCUT2D eigenvalue weighted by molar-refractivity contribution is -0.384. The zero-order chi connectivity index (χ0) is 16.9. The van der Waals surface area contributed by atoms with E-state index in [4.69, 9.17) is 0 Å². The molecular weight excluding hydrogens is 308 g/mol. The molecule has 0 bridgehead atoms. The number of aryl methyl sites for hydroxylation is 1. The van der Waals surface area contributed by atoms with Crippen LogP contribution in [-0.4, -0.2) is 25.1 Å². The lowest BCUT2D eigenvalue weighted by atomic mass is 10.2. The van der Waals surface area contributed by atoms with Gasteiger partial charge in [-0.3, -0.25) is 15.2 Å². The van der Waals surface area contributed by atoms with Gasteiger partial charge in [0.1, 0.15) is 6.20 Å². The minimum Gasteiger partial charge on any atom is -0.318 e. The van der Waals surface area contributed by atoms with E-state index in [9.17, 15) is 10.1 Å². The highest BCUT2D eigenvalue weighted by molar-refractivity contribution is 5.69. The lowest BCUT2D eigenvalue weighted by Crippen LogP contribution is -2.02. The fraction of sp³-hybridized carbons (Fsp3) is 0.0625. The number of hydrogen-bond acceptors (Lipinski definition) is 6. The summed E-state index contributed by atoms with van der Waals surface area (Å²) >= 11 is 0. The molecule has 3 rings (SSSR count). The number of benzene rings is 1. The molecule has 0 unspecified atom stereocenters. The molecule has 3 aromatic rings. The number of nitrogens with zero attached hydrogens (tertiary/aromatic N) is 4. The van der Waals surface area contributed by atoms with Crippen molar-refractivity contribution >= 4 is 29.5 Å². The fourth-order valence-corrected chi connectivity index (χ4v) is 2.03. The van der Waals surface area contributed by atoms with E-state index < -0.39 is 4.92 Å². The minimum absolute atomic E-state index is 0.0919. The van der Waals surface area contributed by atoms with Crippen LogP contribution in [0.1, 0.15) is 17.1 Å². The first-order chi connectivity index (χ1) is 11.6. The second-order valence-electron chi connectivity index (χ2n) is 5.02. The maximum Gasteiger partial charge on any atom is 0.329 e. The zero-order valence-corrected chi connectivity index (χ0v) is 12.8. The maximum atomic E-state index is 11.1. The van der Waals surface area contributed by atoms with E-state index in [0.717, 1.165) is 11.3 Å². The van der Waals surface area contributed by atoms with Crippen molar-refractivity contribution < 1.29 is 4.92 Å². The Morgan fingerprint density at radius 2 is 2.04 bits per heavy atom. The van der Waals surface area contributed by atoms with Crippen LogP contribution in [0.5, 0.6) is 0 Å². The van der Waals surface area contributed by atoms with Gasteiger partial charge in [-0.25, -0.2) is 9.97 Å². The van der Waals surface area contributed by atoms with Gasteiger partial charge in [-0.15, -0.1) is 0 Å². The number of hydrogen-bond donors (Lipinski definition) is 2. The molecule has 0 aliphatic carbocycles. The van der Waals surface area contributed by atoms with Gasteiger partial charge in [0.05, 0.1) is 4.92 Å². The number of nitro groups is 1. The van der Waals surface area contributed by atoms with Crippen molar-refractivity contribution in [3.8, 4) is 0 Å². The molecule has 2 N–H and O–H groups in total. The highest BCUT2D eigenvalue weighted by Crippen LogP contribution is 2.24. The molecule has 0 fully saturated rings. The Hall–Kier alpha value is -3.55. The van der Waals surface area contributed by atoms with Crippen LogP contribution in [-0.2, 0) is 0 Å². The average Bonchev–Trinajstić information content (AvgIpc) is 2.99. The van der Waals surface area contributed by atoms with Crippen LogP contribution in [0.2, 0.25) is 0 Å². The first-order valence-electron chi connectivity index (χ1n) is 7.15. The van der Waals surface area contributed by atoms with Crippen LogP contribution in [0.4, 0.5) is 17.3 Å². The molecule has 0 saturated heterocycles. The molecule has 8 heteroatoms. The van der Waals surface area contributed by atoms with Gasteiger partial charge in [0.25, 0.3) is 0 Å². The molecule has 24 heavy (non-hydrogen) atoms. The third kappa shape index (κ3) is 3.61. The summed E-state index contributed by atoms with van der Waals surface area (Å²) in [6.07, 6.45) is 4.71. The summed E-state index contributed by atoms with van der Waals surface area (Å²) in [4.78, 5) is 18.8. The molecule has 0 saturated carbocycles. The summed E-state index contributed by atoms with van der Waals surface area (Å²) in [7, 11) is 0. The summed E-state index contributed by atoms with van der Waals surface area (Å²) in [5, 5.41) is 20.7. The molecular formula is C16H14N6O2. The van der Waals surface area contributed by atoms with E-state index in [1.165, 1.54) is 6.20 Å². The van der Waals surface area contributed by atoms with Crippen LogP contribution in [0.15, 0.2) is 42.6 Å². The van der Waals surface area contributed by atoms with Gasteiger partial charge < -0.3 is 5.32 Å². The highest BCUT2D eigenvalue weighted by atomic mass is 16.6. The summed E-state index contributed by atoms with van der Waals surface area (Å²) in [5.41, 5.74) is 1.60. The largest absolute Gasteiger partial charge is 0.329 e. The molecule has 8 nitrogen and oxygen atoms in total. The van der Waals surface area contributed by atoms with E-state index in [0.29, 0.717) is 11.6 Å². The van der Waals surface area contributed by atoms with Crippen molar-refractivity contribution in [3.63, 3.8) is 0 Å². The highest BCUT2D eigenvalue weighted by Gasteiger charge is 2.17. The number of H-pyrrole nitrogens is 1. The van der Waals surface area contributed by atoms with Gasteiger partial charge in [0, 0.05) is 11.8 Å². The third-order valence-corrected chi connectivity index (χ3v) is 3.16. The molecule has 0 amide bonds. The quantitative estimate of drug-likeness (QED) is 0.551. The predicted octanol–water partition coefficient (Wildman–Crippen LogP) is 3.33. The van der Waals surface area contributed by atoms with Crippen molar-refractivity contribution in [2.75, 3.05) is 5.32 Å². The normalized spacial score (nSPS) is 10.9. The second-order valence-corrected chi connectivity index (χ2v) is 5.02. The van der Waals surface area contributed by atoms with Gasteiger partial charge in [-0.05, 0) is 18.6 Å². The molecule has 0 atom stereocenters. The predicted molar refractivity (Wildman–Crippen MR) is 90.7 cm³/mol. The first kappa shape index (κ1) is 15.3. The van der Waals surface area contributed by atoms with Crippen molar-refractivity contribution in [2.24, 2.45) is 0 Å². The van der Waals surface area contributed by atoms with E-state index in [-0.39, 0.29) is 11.5 Å². The van der Waals surface area contributed by atoms with Crippen LogP contribution >= 0.6 is 0 Å². The second kappa shape index (κ2) is 6.69. The standard InChI is InChI=1S/C16H14N6O2/c1-11-9-15(21-20-11)19-16-13(22(23)24)10-17-14(18-16)8-7-12-5-3-2-4-6-12/h2-10H,1H3,(H2,17,18,19,20,21)/b8-7+. The number of aromatic nitrogens is 4. The Morgan fingerprint density at radius 3 is 2.71 bits per heavy atom. The number of aromatic amines is 1. The fourth-order valence-electron chi connectivity index (χ4n) is 2.03. The van der Waals surface area contributed by atoms with Gasteiger partial charge >= 0.3 is 5.69 Å². The molecule has 0 spiro atoms. The summed E-state index contributed by atoms with van der Waals surface area (Å²) in [5.74, 6) is 0.903. The monoisotopic (exact) mass is 322 g/mol. The van der Waals surface area contributed by atoms with Crippen molar-refractivity contribution in [1.82, 2.24) is 20.2 Å². The Balaban J connectivity index is 1.90. The summed E-state index contributed by atoms with van der Waals surface area (Å²) < 4.78 is 0. The molecule has 2 heterocycles. The molecule has 0 aliphatic rings. The van der Waals surface area contributed by atoms with Crippen LogP contribution in [0.3, 0.4) is 0 Å². The Bertz CT molecular complexity index is 889. The topological polar surface area (TPSA) is 110 Å². The summed E-state index contributed by atoms with van der Waals surface area (Å²) in [6, 6.07) is 11.4. The van der Waals surface area contributed by atoms with E-state index in [1.54, 1.807) is 12.1 Å². The smallest absolute Gasteiger partial charge is 0.318 e.